The van der Waals surface area contributed by atoms with Gasteiger partial charge in [-0.1, -0.05) is 0 Å². The number of rotatable bonds is 5. The van der Waals surface area contributed by atoms with Crippen molar-refractivity contribution >= 4 is 12.0 Å². The van der Waals surface area contributed by atoms with Gasteiger partial charge in [-0.25, -0.2) is 4.79 Å². The number of carboxylic acid groups (broad SMARTS) is 1. The highest BCUT2D eigenvalue weighted by Gasteiger charge is 2.39. The molecule has 0 aromatic carbocycles. The Kier molecular flexibility index (Phi) is 5.40. The first-order valence-electron chi connectivity index (χ1n) is 6.33. The van der Waals surface area contributed by atoms with Crippen LogP contribution in [-0.2, 0) is 9.53 Å². The Morgan fingerprint density at radius 1 is 1.50 bits per heavy atom. The number of aliphatic carboxylic acids is 1. The first-order chi connectivity index (χ1) is 8.49. The van der Waals surface area contributed by atoms with E-state index in [1.165, 1.54) is 0 Å². The van der Waals surface area contributed by atoms with Crippen LogP contribution in [-0.4, -0.2) is 54.9 Å². The fraction of sp³-hybridized carbons (Fsp3) is 0.833. The normalized spacial score (nSPS) is 23.8. The van der Waals surface area contributed by atoms with Gasteiger partial charge in [0.25, 0.3) is 0 Å². The lowest BCUT2D eigenvalue weighted by atomic mass is 9.82. The summed E-state index contributed by atoms with van der Waals surface area (Å²) in [6, 6.07) is -0.207. The zero-order chi connectivity index (χ0) is 13.6. The molecule has 6 heteroatoms. The minimum atomic E-state index is -0.839. The predicted molar refractivity (Wildman–Crippen MR) is 66.4 cm³/mol. The average molecular weight is 258 g/mol. The maximum Gasteiger partial charge on any atom is 0.317 e. The van der Waals surface area contributed by atoms with Crippen LogP contribution < -0.4 is 5.32 Å². The summed E-state index contributed by atoms with van der Waals surface area (Å²) in [4.78, 5) is 24.6. The number of piperidine rings is 1. The van der Waals surface area contributed by atoms with Crippen LogP contribution >= 0.6 is 0 Å². The smallest absolute Gasteiger partial charge is 0.317 e. The van der Waals surface area contributed by atoms with Crippen LogP contribution in [0.4, 0.5) is 4.79 Å². The van der Waals surface area contributed by atoms with Crippen LogP contribution in [0.5, 0.6) is 0 Å². The Hall–Kier alpha value is -1.30. The number of likely N-dealkylation sites (tertiary alicyclic amines) is 1. The van der Waals surface area contributed by atoms with Gasteiger partial charge in [-0.3, -0.25) is 4.79 Å². The Morgan fingerprint density at radius 3 is 2.83 bits per heavy atom. The van der Waals surface area contributed by atoms with Gasteiger partial charge in [-0.05, 0) is 26.7 Å². The van der Waals surface area contributed by atoms with E-state index in [2.05, 4.69) is 5.32 Å². The second-order valence-electron chi connectivity index (χ2n) is 4.82. The van der Waals surface area contributed by atoms with Crippen molar-refractivity contribution in [2.45, 2.75) is 26.7 Å². The van der Waals surface area contributed by atoms with E-state index in [0.717, 1.165) is 6.42 Å². The van der Waals surface area contributed by atoms with E-state index in [1.54, 1.807) is 11.8 Å². The highest BCUT2D eigenvalue weighted by molar-refractivity contribution is 5.78. The summed E-state index contributed by atoms with van der Waals surface area (Å²) < 4.78 is 5.12. The first-order valence-corrected chi connectivity index (χ1v) is 6.33. The molecule has 2 amide bonds. The van der Waals surface area contributed by atoms with Gasteiger partial charge in [0.15, 0.2) is 0 Å². The van der Waals surface area contributed by atoms with Crippen molar-refractivity contribution in [3.63, 3.8) is 0 Å². The summed E-state index contributed by atoms with van der Waals surface area (Å²) >= 11 is 0. The van der Waals surface area contributed by atoms with Crippen molar-refractivity contribution in [1.29, 1.82) is 0 Å². The van der Waals surface area contributed by atoms with Crippen molar-refractivity contribution in [1.82, 2.24) is 10.2 Å². The van der Waals surface area contributed by atoms with Crippen molar-refractivity contribution in [2.24, 2.45) is 5.41 Å². The van der Waals surface area contributed by atoms with Gasteiger partial charge in [-0.15, -0.1) is 0 Å². The van der Waals surface area contributed by atoms with Crippen LogP contribution in [0.25, 0.3) is 0 Å². The standard InChI is InChI=1S/C12H22N2O4/c1-3-18-8-6-13-11(17)14-7-4-5-12(2,9-14)10(15)16/h3-9H2,1-2H3,(H,13,17)(H,15,16). The van der Waals surface area contributed by atoms with Crippen LogP contribution in [0, 0.1) is 5.41 Å². The third kappa shape index (κ3) is 3.87. The Bertz CT molecular complexity index is 308. The Labute approximate surface area is 107 Å². The Morgan fingerprint density at radius 2 is 2.22 bits per heavy atom. The molecule has 1 unspecified atom stereocenters. The lowest BCUT2D eigenvalue weighted by Crippen LogP contribution is -2.51. The predicted octanol–water partition coefficient (Wildman–Crippen LogP) is 0.919. The second-order valence-corrected chi connectivity index (χ2v) is 4.82. The highest BCUT2D eigenvalue weighted by Crippen LogP contribution is 2.29. The van der Waals surface area contributed by atoms with Crippen LogP contribution in [0.3, 0.4) is 0 Å². The number of nitrogens with zero attached hydrogens (tertiary/aromatic N) is 1. The van der Waals surface area contributed by atoms with Crippen molar-refractivity contribution in [2.75, 3.05) is 32.8 Å². The molecule has 1 saturated heterocycles. The highest BCUT2D eigenvalue weighted by atomic mass is 16.5. The van der Waals surface area contributed by atoms with E-state index < -0.39 is 11.4 Å². The van der Waals surface area contributed by atoms with Crippen LogP contribution in [0.2, 0.25) is 0 Å². The molecule has 0 spiro atoms. The maximum atomic E-state index is 11.8. The Balaban J connectivity index is 2.41. The maximum absolute atomic E-state index is 11.8. The largest absolute Gasteiger partial charge is 0.481 e. The average Bonchev–Trinajstić information content (AvgIpc) is 2.34. The minimum absolute atomic E-state index is 0.207. The third-order valence-corrected chi connectivity index (χ3v) is 3.23. The molecule has 18 heavy (non-hydrogen) atoms. The molecule has 1 heterocycles. The van der Waals surface area contributed by atoms with E-state index in [1.807, 2.05) is 6.92 Å². The number of amides is 2. The molecular weight excluding hydrogens is 236 g/mol. The SMILES string of the molecule is CCOCCNC(=O)N1CCCC(C)(C(=O)O)C1. The van der Waals surface area contributed by atoms with Gasteiger partial charge < -0.3 is 20.1 Å². The van der Waals surface area contributed by atoms with Crippen molar-refractivity contribution in [3.05, 3.63) is 0 Å². The number of carbonyl (C=O) groups is 2. The second kappa shape index (κ2) is 6.58. The zero-order valence-corrected chi connectivity index (χ0v) is 11.1. The van der Waals surface area contributed by atoms with E-state index in [9.17, 15) is 9.59 Å². The monoisotopic (exact) mass is 258 g/mol. The molecule has 0 aliphatic carbocycles. The molecular formula is C12H22N2O4. The summed E-state index contributed by atoms with van der Waals surface area (Å²) in [7, 11) is 0. The first kappa shape index (κ1) is 14.8. The lowest BCUT2D eigenvalue weighted by Gasteiger charge is -2.37. The molecule has 1 rings (SSSR count). The van der Waals surface area contributed by atoms with Crippen molar-refractivity contribution in [3.8, 4) is 0 Å². The number of hydrogen-bond donors (Lipinski definition) is 2. The number of urea groups is 1. The molecule has 1 aliphatic rings. The van der Waals surface area contributed by atoms with Gasteiger partial charge in [0, 0.05) is 26.2 Å². The quantitative estimate of drug-likeness (QED) is 0.719. The van der Waals surface area contributed by atoms with Gasteiger partial charge in [0.2, 0.25) is 0 Å². The molecule has 1 aliphatic heterocycles. The van der Waals surface area contributed by atoms with Crippen LogP contribution in [0.1, 0.15) is 26.7 Å². The summed E-state index contributed by atoms with van der Waals surface area (Å²) in [5.41, 5.74) is -0.824. The van der Waals surface area contributed by atoms with E-state index >= 15 is 0 Å². The van der Waals surface area contributed by atoms with Gasteiger partial charge in [-0.2, -0.15) is 0 Å². The molecule has 6 nitrogen and oxygen atoms in total. The molecule has 0 bridgehead atoms. The summed E-state index contributed by atoms with van der Waals surface area (Å²) in [6.07, 6.45) is 1.34. The van der Waals surface area contributed by atoms with E-state index in [0.29, 0.717) is 32.7 Å². The fourth-order valence-corrected chi connectivity index (χ4v) is 2.07. The summed E-state index contributed by atoms with van der Waals surface area (Å²) in [6.45, 7) is 6.02. The van der Waals surface area contributed by atoms with Gasteiger partial charge in [0.05, 0.1) is 12.0 Å². The summed E-state index contributed by atoms with van der Waals surface area (Å²) in [5.74, 6) is -0.839. The minimum Gasteiger partial charge on any atom is -0.481 e. The van der Waals surface area contributed by atoms with Gasteiger partial charge in [0.1, 0.15) is 0 Å². The molecule has 0 aromatic heterocycles. The van der Waals surface area contributed by atoms with Gasteiger partial charge >= 0.3 is 12.0 Å². The number of carbonyl (C=O) groups excluding carboxylic acids is 1. The number of carboxylic acids is 1. The third-order valence-electron chi connectivity index (χ3n) is 3.23. The number of hydrogen-bond acceptors (Lipinski definition) is 3. The topological polar surface area (TPSA) is 78.9 Å². The molecule has 0 aromatic rings. The fourth-order valence-electron chi connectivity index (χ4n) is 2.07. The molecule has 2 N–H and O–H groups in total. The zero-order valence-electron chi connectivity index (χ0n) is 11.1. The van der Waals surface area contributed by atoms with E-state index in [-0.39, 0.29) is 12.6 Å². The van der Waals surface area contributed by atoms with Crippen molar-refractivity contribution < 1.29 is 19.4 Å². The molecule has 104 valence electrons. The molecule has 1 fully saturated rings. The molecule has 1 atom stereocenters. The molecule has 0 saturated carbocycles. The summed E-state index contributed by atoms with van der Waals surface area (Å²) in [5, 5.41) is 11.9. The number of nitrogens with one attached hydrogen (secondary N) is 1. The lowest BCUT2D eigenvalue weighted by molar-refractivity contribution is -0.150. The van der Waals surface area contributed by atoms with Crippen LogP contribution in [0.15, 0.2) is 0 Å². The molecule has 0 radical (unpaired) electrons. The number of ether oxygens (including phenoxy) is 1. The van der Waals surface area contributed by atoms with E-state index in [4.69, 9.17) is 9.84 Å².